The molecule has 0 unspecified atom stereocenters. The number of amides is 1. The molecule has 1 heterocycles. The fourth-order valence-electron chi connectivity index (χ4n) is 2.11. The van der Waals surface area contributed by atoms with Gasteiger partial charge >= 0.3 is 5.97 Å². The molecule has 1 amide bonds. The average molecular weight is 394 g/mol. The van der Waals surface area contributed by atoms with E-state index in [1.807, 2.05) is 0 Å². The Morgan fingerprint density at radius 1 is 1.19 bits per heavy atom. The molecule has 26 heavy (non-hydrogen) atoms. The van der Waals surface area contributed by atoms with E-state index in [1.165, 1.54) is 35.6 Å². The van der Waals surface area contributed by atoms with Crippen molar-refractivity contribution < 1.29 is 23.1 Å². The molecule has 1 N–H and O–H groups in total. The Balaban J connectivity index is 1.52. The number of benzene rings is 2. The topological polar surface area (TPSA) is 68.3 Å². The number of nitrogens with zero attached hydrogens (tertiary/aromatic N) is 1. The minimum absolute atomic E-state index is 0.336. The van der Waals surface area contributed by atoms with Crippen LogP contribution in [0.4, 0.5) is 14.5 Å². The smallest absolute Gasteiger partial charge is 0.338 e. The van der Waals surface area contributed by atoms with Crippen molar-refractivity contribution in [2.75, 3.05) is 11.9 Å². The molecule has 5 nitrogen and oxygen atoms in total. The van der Waals surface area contributed by atoms with E-state index in [0.29, 0.717) is 27.9 Å². The number of hydrogen-bond acceptors (Lipinski definition) is 6. The number of nitrogens with one attached hydrogen (secondary N) is 1. The van der Waals surface area contributed by atoms with E-state index in [4.69, 9.17) is 4.74 Å². The summed E-state index contributed by atoms with van der Waals surface area (Å²) in [5.74, 6) is -3.63. The fourth-order valence-corrected chi connectivity index (χ4v) is 3.33. The van der Waals surface area contributed by atoms with Crippen LogP contribution in [0.3, 0.4) is 0 Å². The predicted molar refractivity (Wildman–Crippen MR) is 96.8 cm³/mol. The van der Waals surface area contributed by atoms with Crippen LogP contribution in [-0.4, -0.2) is 29.2 Å². The van der Waals surface area contributed by atoms with Gasteiger partial charge in [-0.1, -0.05) is 11.8 Å². The lowest BCUT2D eigenvalue weighted by Crippen LogP contribution is -2.20. The van der Waals surface area contributed by atoms with E-state index < -0.39 is 24.2 Å². The van der Waals surface area contributed by atoms with Gasteiger partial charge in [-0.25, -0.2) is 9.78 Å². The fraction of sp³-hybridized carbons (Fsp3) is 0.118. The second-order valence-corrected chi connectivity index (χ2v) is 7.01. The molecule has 0 saturated carbocycles. The summed E-state index contributed by atoms with van der Waals surface area (Å²) in [7, 11) is 0. The van der Waals surface area contributed by atoms with Gasteiger partial charge in [0.25, 0.3) is 11.7 Å². The van der Waals surface area contributed by atoms with Crippen molar-refractivity contribution in [3.8, 4) is 0 Å². The number of aromatic nitrogens is 1. The van der Waals surface area contributed by atoms with Crippen LogP contribution in [0, 0.1) is 0 Å². The first kappa shape index (κ1) is 18.3. The highest BCUT2D eigenvalue weighted by molar-refractivity contribution is 7.99. The van der Waals surface area contributed by atoms with E-state index in [0.717, 1.165) is 10.2 Å². The molecular weight excluding hydrogens is 382 g/mol. The third kappa shape index (κ3) is 4.77. The van der Waals surface area contributed by atoms with Crippen LogP contribution >= 0.6 is 23.1 Å². The maximum Gasteiger partial charge on any atom is 0.338 e. The molecule has 134 valence electrons. The number of ether oxygens (including phenoxy) is 1. The van der Waals surface area contributed by atoms with Gasteiger partial charge in [0.1, 0.15) is 0 Å². The number of halogens is 2. The van der Waals surface area contributed by atoms with Crippen LogP contribution in [0.5, 0.6) is 0 Å². The molecule has 0 aliphatic heterocycles. The van der Waals surface area contributed by atoms with Crippen molar-refractivity contribution >= 4 is 50.9 Å². The lowest BCUT2D eigenvalue weighted by Gasteiger charge is -2.07. The molecule has 0 aliphatic rings. The van der Waals surface area contributed by atoms with E-state index in [1.54, 1.807) is 23.7 Å². The van der Waals surface area contributed by atoms with Crippen LogP contribution in [-0.2, 0) is 9.53 Å². The third-order valence-electron chi connectivity index (χ3n) is 3.26. The molecule has 3 aromatic rings. The second kappa shape index (κ2) is 8.24. The van der Waals surface area contributed by atoms with Gasteiger partial charge in [0.15, 0.2) is 6.61 Å². The summed E-state index contributed by atoms with van der Waals surface area (Å²) in [5.41, 5.74) is 3.23. The van der Waals surface area contributed by atoms with Gasteiger partial charge in [-0.15, -0.1) is 11.3 Å². The number of fused-ring (bicyclic) bond motifs is 1. The number of esters is 1. The number of anilines is 1. The molecule has 1 aromatic heterocycles. The Morgan fingerprint density at radius 2 is 1.96 bits per heavy atom. The van der Waals surface area contributed by atoms with Gasteiger partial charge in [0.05, 0.1) is 21.3 Å². The molecule has 3 rings (SSSR count). The summed E-state index contributed by atoms with van der Waals surface area (Å²) in [6, 6.07) is 10.9. The number of thiazole rings is 1. The zero-order chi connectivity index (χ0) is 18.5. The van der Waals surface area contributed by atoms with Crippen LogP contribution < -0.4 is 5.32 Å². The maximum absolute atomic E-state index is 12.3. The van der Waals surface area contributed by atoms with E-state index >= 15 is 0 Å². The zero-order valence-electron chi connectivity index (χ0n) is 13.1. The molecule has 2 aromatic carbocycles. The average Bonchev–Trinajstić information content (AvgIpc) is 3.08. The lowest BCUT2D eigenvalue weighted by molar-refractivity contribution is -0.119. The van der Waals surface area contributed by atoms with E-state index in [9.17, 15) is 18.4 Å². The van der Waals surface area contributed by atoms with E-state index in [-0.39, 0.29) is 0 Å². The van der Waals surface area contributed by atoms with Gasteiger partial charge in [-0.2, -0.15) is 8.78 Å². The van der Waals surface area contributed by atoms with Crippen molar-refractivity contribution in [3.63, 3.8) is 0 Å². The van der Waals surface area contributed by atoms with Gasteiger partial charge in [-0.3, -0.25) is 4.79 Å². The standard InChI is InChI=1S/C17H12F2N2O3S2/c18-17(19)26-12-4-2-11(3-5-12)21-15(22)8-24-16(23)10-1-6-13-14(7-10)25-9-20-13/h1-7,9,17H,8H2,(H,21,22). The molecule has 9 heteroatoms. The van der Waals surface area contributed by atoms with Crippen molar-refractivity contribution in [2.24, 2.45) is 0 Å². The third-order valence-corrected chi connectivity index (χ3v) is 4.78. The quantitative estimate of drug-likeness (QED) is 0.496. The first-order chi connectivity index (χ1) is 12.5. The maximum atomic E-state index is 12.3. The highest BCUT2D eigenvalue weighted by Gasteiger charge is 2.12. The molecule has 0 bridgehead atoms. The van der Waals surface area contributed by atoms with Crippen molar-refractivity contribution in [2.45, 2.75) is 10.7 Å². The van der Waals surface area contributed by atoms with Crippen molar-refractivity contribution in [3.05, 3.63) is 53.5 Å². The lowest BCUT2D eigenvalue weighted by atomic mass is 10.2. The normalized spacial score (nSPS) is 10.9. The van der Waals surface area contributed by atoms with Gasteiger partial charge < -0.3 is 10.1 Å². The van der Waals surface area contributed by atoms with Crippen molar-refractivity contribution in [1.82, 2.24) is 4.98 Å². The van der Waals surface area contributed by atoms with Crippen molar-refractivity contribution in [1.29, 1.82) is 0 Å². The Bertz CT molecular complexity index is 929. The van der Waals surface area contributed by atoms with Gasteiger partial charge in [-0.05, 0) is 42.5 Å². The van der Waals surface area contributed by atoms with Crippen LogP contribution in [0.2, 0.25) is 0 Å². The number of alkyl halides is 2. The van der Waals surface area contributed by atoms with Gasteiger partial charge in [0.2, 0.25) is 0 Å². The Labute approximate surface area is 155 Å². The van der Waals surface area contributed by atoms with Crippen LogP contribution in [0.15, 0.2) is 52.9 Å². The van der Waals surface area contributed by atoms with Crippen LogP contribution in [0.25, 0.3) is 10.2 Å². The Hall–Kier alpha value is -2.52. The Morgan fingerprint density at radius 3 is 2.69 bits per heavy atom. The number of carbonyl (C=O) groups is 2. The molecule has 0 radical (unpaired) electrons. The predicted octanol–water partition coefficient (Wildman–Crippen LogP) is 4.41. The summed E-state index contributed by atoms with van der Waals surface area (Å²) in [6.45, 7) is -0.451. The first-order valence-electron chi connectivity index (χ1n) is 7.36. The highest BCUT2D eigenvalue weighted by atomic mass is 32.2. The summed E-state index contributed by atoms with van der Waals surface area (Å²) >= 11 is 1.82. The number of carbonyl (C=O) groups excluding carboxylic acids is 2. The minimum Gasteiger partial charge on any atom is -0.452 e. The van der Waals surface area contributed by atoms with Gasteiger partial charge in [0, 0.05) is 10.6 Å². The Kier molecular flexibility index (Phi) is 5.79. The highest BCUT2D eigenvalue weighted by Crippen LogP contribution is 2.26. The second-order valence-electron chi connectivity index (χ2n) is 5.06. The summed E-state index contributed by atoms with van der Waals surface area (Å²) in [6.07, 6.45) is 0. The minimum atomic E-state index is -2.50. The zero-order valence-corrected chi connectivity index (χ0v) is 14.8. The monoisotopic (exact) mass is 394 g/mol. The van der Waals surface area contributed by atoms with E-state index in [2.05, 4.69) is 10.3 Å². The molecule has 0 aliphatic carbocycles. The molecular formula is C17H12F2N2O3S2. The SMILES string of the molecule is O=C(COC(=O)c1ccc2ncsc2c1)Nc1ccc(SC(F)F)cc1. The first-order valence-corrected chi connectivity index (χ1v) is 9.12. The number of hydrogen-bond donors (Lipinski definition) is 1. The summed E-state index contributed by atoms with van der Waals surface area (Å²) in [4.78, 5) is 28.4. The number of rotatable bonds is 6. The van der Waals surface area contributed by atoms with Crippen LogP contribution in [0.1, 0.15) is 10.4 Å². The molecule has 0 saturated heterocycles. The number of thioether (sulfide) groups is 1. The molecule has 0 fully saturated rings. The molecule has 0 atom stereocenters. The largest absolute Gasteiger partial charge is 0.452 e. The summed E-state index contributed by atoms with van der Waals surface area (Å²) < 4.78 is 30.4. The summed E-state index contributed by atoms with van der Waals surface area (Å²) in [5, 5.41) is 2.53. The molecule has 0 spiro atoms.